The SMILES string of the molecule is CCCNC(c1cnc(C)cn1)c1ccc(OC)cc1F. The van der Waals surface area contributed by atoms with Crippen LogP contribution < -0.4 is 10.1 Å². The zero-order valence-electron chi connectivity index (χ0n) is 12.6. The Morgan fingerprint density at radius 2 is 2.10 bits per heavy atom. The van der Waals surface area contributed by atoms with Gasteiger partial charge in [-0.05, 0) is 26.0 Å². The molecular weight excluding hydrogens is 269 g/mol. The number of hydrogen-bond acceptors (Lipinski definition) is 4. The molecule has 0 bridgehead atoms. The van der Waals surface area contributed by atoms with Gasteiger partial charge < -0.3 is 10.1 Å². The summed E-state index contributed by atoms with van der Waals surface area (Å²) in [5.74, 6) is 0.186. The van der Waals surface area contributed by atoms with Crippen molar-refractivity contribution in [3.05, 3.63) is 53.4 Å². The summed E-state index contributed by atoms with van der Waals surface area (Å²) in [4.78, 5) is 8.62. The Labute approximate surface area is 124 Å². The van der Waals surface area contributed by atoms with E-state index in [2.05, 4.69) is 22.2 Å². The zero-order valence-corrected chi connectivity index (χ0v) is 12.6. The number of methoxy groups -OCH3 is 1. The van der Waals surface area contributed by atoms with Crippen molar-refractivity contribution in [3.63, 3.8) is 0 Å². The molecule has 2 aromatic rings. The van der Waals surface area contributed by atoms with Gasteiger partial charge in [0, 0.05) is 17.8 Å². The molecule has 1 unspecified atom stereocenters. The van der Waals surface area contributed by atoms with Gasteiger partial charge in [0.2, 0.25) is 0 Å². The van der Waals surface area contributed by atoms with Crippen molar-refractivity contribution in [1.82, 2.24) is 15.3 Å². The summed E-state index contributed by atoms with van der Waals surface area (Å²) in [7, 11) is 1.52. The molecule has 0 saturated carbocycles. The summed E-state index contributed by atoms with van der Waals surface area (Å²) in [5, 5.41) is 3.32. The van der Waals surface area contributed by atoms with Crippen molar-refractivity contribution in [3.8, 4) is 5.75 Å². The normalized spacial score (nSPS) is 12.2. The minimum atomic E-state index is -0.316. The van der Waals surface area contributed by atoms with Crippen LogP contribution in [-0.2, 0) is 0 Å². The number of aryl methyl sites for hydroxylation is 1. The largest absolute Gasteiger partial charge is 0.497 e. The summed E-state index contributed by atoms with van der Waals surface area (Å²) in [6.07, 6.45) is 4.33. The van der Waals surface area contributed by atoms with Crippen molar-refractivity contribution in [2.45, 2.75) is 26.3 Å². The molecular formula is C16H20FN3O. The van der Waals surface area contributed by atoms with E-state index in [0.29, 0.717) is 17.0 Å². The highest BCUT2D eigenvalue weighted by Crippen LogP contribution is 2.25. The van der Waals surface area contributed by atoms with Crippen LogP contribution in [-0.4, -0.2) is 23.6 Å². The summed E-state index contributed by atoms with van der Waals surface area (Å²) in [6.45, 7) is 4.71. The minimum Gasteiger partial charge on any atom is -0.497 e. The molecule has 0 spiro atoms. The summed E-state index contributed by atoms with van der Waals surface area (Å²) >= 11 is 0. The Kier molecular flexibility index (Phi) is 5.22. The number of hydrogen-bond donors (Lipinski definition) is 1. The number of nitrogens with one attached hydrogen (secondary N) is 1. The maximum absolute atomic E-state index is 14.3. The first-order chi connectivity index (χ1) is 10.2. The fourth-order valence-corrected chi connectivity index (χ4v) is 2.08. The lowest BCUT2D eigenvalue weighted by Gasteiger charge is -2.19. The van der Waals surface area contributed by atoms with Crippen LogP contribution >= 0.6 is 0 Å². The maximum Gasteiger partial charge on any atom is 0.132 e. The average molecular weight is 289 g/mol. The molecule has 0 aliphatic carbocycles. The molecule has 5 heteroatoms. The van der Waals surface area contributed by atoms with Crippen LogP contribution in [0, 0.1) is 12.7 Å². The molecule has 1 aromatic heterocycles. The lowest BCUT2D eigenvalue weighted by Crippen LogP contribution is -2.25. The Balaban J connectivity index is 2.37. The van der Waals surface area contributed by atoms with Crippen LogP contribution in [0.4, 0.5) is 4.39 Å². The molecule has 112 valence electrons. The monoisotopic (exact) mass is 289 g/mol. The molecule has 1 atom stereocenters. The van der Waals surface area contributed by atoms with Gasteiger partial charge >= 0.3 is 0 Å². The lowest BCUT2D eigenvalue weighted by atomic mass is 10.0. The third-order valence-electron chi connectivity index (χ3n) is 3.21. The van der Waals surface area contributed by atoms with Crippen molar-refractivity contribution in [2.24, 2.45) is 0 Å². The Morgan fingerprint density at radius 3 is 2.67 bits per heavy atom. The Hall–Kier alpha value is -2.01. The quantitative estimate of drug-likeness (QED) is 0.888. The van der Waals surface area contributed by atoms with Crippen LogP contribution in [0.3, 0.4) is 0 Å². The predicted octanol–water partition coefficient (Wildman–Crippen LogP) is 3.02. The van der Waals surface area contributed by atoms with Crippen LogP contribution in [0.5, 0.6) is 5.75 Å². The first-order valence-corrected chi connectivity index (χ1v) is 7.01. The van der Waals surface area contributed by atoms with Gasteiger partial charge in [-0.1, -0.05) is 13.0 Å². The molecule has 1 N–H and O–H groups in total. The first kappa shape index (κ1) is 15.4. The third kappa shape index (κ3) is 3.76. The Bertz CT molecular complexity index is 587. The highest BCUT2D eigenvalue weighted by Gasteiger charge is 2.19. The number of benzene rings is 1. The second-order valence-electron chi connectivity index (χ2n) is 4.86. The molecule has 4 nitrogen and oxygen atoms in total. The number of aromatic nitrogens is 2. The molecule has 0 radical (unpaired) electrons. The number of ether oxygens (including phenoxy) is 1. The number of rotatable bonds is 6. The molecule has 0 aliphatic rings. The second-order valence-corrected chi connectivity index (χ2v) is 4.86. The fourth-order valence-electron chi connectivity index (χ4n) is 2.08. The summed E-state index contributed by atoms with van der Waals surface area (Å²) in [5.41, 5.74) is 2.09. The molecule has 0 saturated heterocycles. The number of nitrogens with zero attached hydrogens (tertiary/aromatic N) is 2. The topological polar surface area (TPSA) is 47.0 Å². The minimum absolute atomic E-state index is 0.315. The fraction of sp³-hybridized carbons (Fsp3) is 0.375. The van der Waals surface area contributed by atoms with Crippen LogP contribution in [0.2, 0.25) is 0 Å². The Morgan fingerprint density at radius 1 is 1.29 bits per heavy atom. The van der Waals surface area contributed by atoms with Crippen LogP contribution in [0.15, 0.2) is 30.6 Å². The van der Waals surface area contributed by atoms with Gasteiger partial charge in [0.25, 0.3) is 0 Å². The predicted molar refractivity (Wildman–Crippen MR) is 79.9 cm³/mol. The van der Waals surface area contributed by atoms with E-state index in [1.807, 2.05) is 6.92 Å². The van der Waals surface area contributed by atoms with Gasteiger partial charge in [-0.3, -0.25) is 9.97 Å². The van der Waals surface area contributed by atoms with E-state index in [9.17, 15) is 4.39 Å². The second kappa shape index (κ2) is 7.13. The van der Waals surface area contributed by atoms with Crippen molar-refractivity contribution < 1.29 is 9.13 Å². The van der Waals surface area contributed by atoms with Gasteiger partial charge in [-0.15, -0.1) is 0 Å². The van der Waals surface area contributed by atoms with E-state index in [-0.39, 0.29) is 11.9 Å². The summed E-state index contributed by atoms with van der Waals surface area (Å²) in [6, 6.07) is 4.55. The third-order valence-corrected chi connectivity index (χ3v) is 3.21. The van der Waals surface area contributed by atoms with Gasteiger partial charge in [-0.2, -0.15) is 0 Å². The molecule has 0 aliphatic heterocycles. The highest BCUT2D eigenvalue weighted by molar-refractivity contribution is 5.34. The van der Waals surface area contributed by atoms with Crippen molar-refractivity contribution in [2.75, 3.05) is 13.7 Å². The summed E-state index contributed by atoms with van der Waals surface area (Å²) < 4.78 is 19.4. The van der Waals surface area contributed by atoms with E-state index in [0.717, 1.165) is 18.7 Å². The standard InChI is InChI=1S/C16H20FN3O/c1-4-7-18-16(15-10-19-11(2)9-20-15)13-6-5-12(21-3)8-14(13)17/h5-6,8-10,16,18H,4,7H2,1-3H3. The number of halogens is 1. The van der Waals surface area contributed by atoms with Crippen molar-refractivity contribution in [1.29, 1.82) is 0 Å². The molecule has 21 heavy (non-hydrogen) atoms. The zero-order chi connectivity index (χ0) is 15.2. The molecule has 1 heterocycles. The molecule has 0 fully saturated rings. The van der Waals surface area contributed by atoms with E-state index in [1.165, 1.54) is 13.2 Å². The van der Waals surface area contributed by atoms with Gasteiger partial charge in [0.05, 0.1) is 30.7 Å². The molecule has 2 rings (SSSR count). The van der Waals surface area contributed by atoms with Crippen LogP contribution in [0.1, 0.15) is 36.3 Å². The van der Waals surface area contributed by atoms with Gasteiger partial charge in [-0.25, -0.2) is 4.39 Å². The maximum atomic E-state index is 14.3. The average Bonchev–Trinajstić information content (AvgIpc) is 2.50. The highest BCUT2D eigenvalue weighted by atomic mass is 19.1. The molecule has 0 amide bonds. The van der Waals surface area contributed by atoms with E-state index in [1.54, 1.807) is 24.5 Å². The van der Waals surface area contributed by atoms with E-state index < -0.39 is 0 Å². The van der Waals surface area contributed by atoms with E-state index in [4.69, 9.17) is 4.74 Å². The van der Waals surface area contributed by atoms with Crippen molar-refractivity contribution >= 4 is 0 Å². The smallest absolute Gasteiger partial charge is 0.132 e. The molecule has 1 aromatic carbocycles. The lowest BCUT2D eigenvalue weighted by molar-refractivity contribution is 0.409. The first-order valence-electron chi connectivity index (χ1n) is 7.01. The van der Waals surface area contributed by atoms with Crippen LogP contribution in [0.25, 0.3) is 0 Å². The van der Waals surface area contributed by atoms with Gasteiger partial charge in [0.1, 0.15) is 11.6 Å². The van der Waals surface area contributed by atoms with E-state index >= 15 is 0 Å². The van der Waals surface area contributed by atoms with Gasteiger partial charge in [0.15, 0.2) is 0 Å².